The van der Waals surface area contributed by atoms with Gasteiger partial charge in [0.15, 0.2) is 0 Å². The molecule has 0 fully saturated rings. The van der Waals surface area contributed by atoms with Gasteiger partial charge >= 0.3 is 0 Å². The Labute approximate surface area is 99.7 Å². The predicted octanol–water partition coefficient (Wildman–Crippen LogP) is 1.61. The molecule has 5 heteroatoms. The van der Waals surface area contributed by atoms with Crippen molar-refractivity contribution in [1.82, 2.24) is 14.8 Å². The summed E-state index contributed by atoms with van der Waals surface area (Å²) in [6.07, 6.45) is 1.52. The Morgan fingerprint density at radius 1 is 1.47 bits per heavy atom. The second-order valence-electron chi connectivity index (χ2n) is 3.79. The molecule has 0 saturated carbocycles. The molecule has 0 spiro atoms. The fraction of sp³-hybridized carbons (Fsp3) is 0.250. The van der Waals surface area contributed by atoms with Crippen molar-refractivity contribution in [2.75, 3.05) is 5.32 Å². The van der Waals surface area contributed by atoms with Crippen molar-refractivity contribution in [2.24, 2.45) is 7.05 Å². The SMILES string of the molecule is Cc1ccc(C#N)cc1NCc1ncnn1C. The summed E-state index contributed by atoms with van der Waals surface area (Å²) in [5, 5.41) is 16.1. The first-order valence-corrected chi connectivity index (χ1v) is 5.28. The maximum absolute atomic E-state index is 8.85. The molecule has 1 N–H and O–H groups in total. The highest BCUT2D eigenvalue weighted by molar-refractivity contribution is 5.55. The highest BCUT2D eigenvalue weighted by Gasteiger charge is 2.03. The van der Waals surface area contributed by atoms with Crippen LogP contribution in [-0.2, 0) is 13.6 Å². The average Bonchev–Trinajstić information content (AvgIpc) is 2.74. The van der Waals surface area contributed by atoms with Gasteiger partial charge in [0.25, 0.3) is 0 Å². The maximum Gasteiger partial charge on any atom is 0.145 e. The molecule has 1 heterocycles. The number of anilines is 1. The van der Waals surface area contributed by atoms with E-state index in [-0.39, 0.29) is 0 Å². The number of benzene rings is 1. The van der Waals surface area contributed by atoms with Crippen LogP contribution in [0.2, 0.25) is 0 Å². The summed E-state index contributed by atoms with van der Waals surface area (Å²) in [5.41, 5.74) is 2.70. The standard InChI is InChI=1S/C12H13N5/c1-9-3-4-10(6-13)5-11(9)14-7-12-15-8-16-17(12)2/h3-5,8,14H,7H2,1-2H3. The van der Waals surface area contributed by atoms with Crippen LogP contribution in [0.5, 0.6) is 0 Å². The molecule has 0 aliphatic carbocycles. The van der Waals surface area contributed by atoms with Crippen molar-refractivity contribution >= 4 is 5.69 Å². The Morgan fingerprint density at radius 3 is 2.94 bits per heavy atom. The Morgan fingerprint density at radius 2 is 2.29 bits per heavy atom. The summed E-state index contributed by atoms with van der Waals surface area (Å²) >= 11 is 0. The van der Waals surface area contributed by atoms with E-state index < -0.39 is 0 Å². The predicted molar refractivity (Wildman–Crippen MR) is 64.2 cm³/mol. The largest absolute Gasteiger partial charge is 0.378 e. The first-order valence-electron chi connectivity index (χ1n) is 5.28. The van der Waals surface area contributed by atoms with Crippen LogP contribution in [-0.4, -0.2) is 14.8 Å². The third-order valence-corrected chi connectivity index (χ3v) is 2.61. The van der Waals surface area contributed by atoms with Crippen molar-refractivity contribution in [1.29, 1.82) is 5.26 Å². The highest BCUT2D eigenvalue weighted by Crippen LogP contribution is 2.16. The molecule has 86 valence electrons. The minimum Gasteiger partial charge on any atom is -0.378 e. The number of nitrogens with one attached hydrogen (secondary N) is 1. The number of hydrogen-bond acceptors (Lipinski definition) is 4. The molecule has 0 aliphatic heterocycles. The lowest BCUT2D eigenvalue weighted by Crippen LogP contribution is -2.07. The van der Waals surface area contributed by atoms with Gasteiger partial charge in [-0.05, 0) is 24.6 Å². The van der Waals surface area contributed by atoms with Crippen molar-refractivity contribution in [3.8, 4) is 6.07 Å². The zero-order valence-electron chi connectivity index (χ0n) is 9.81. The highest BCUT2D eigenvalue weighted by atomic mass is 15.3. The van der Waals surface area contributed by atoms with Crippen LogP contribution in [0.3, 0.4) is 0 Å². The summed E-state index contributed by atoms with van der Waals surface area (Å²) in [6, 6.07) is 7.70. The Kier molecular flexibility index (Phi) is 3.06. The number of nitrogens with zero attached hydrogens (tertiary/aromatic N) is 4. The Hall–Kier alpha value is -2.35. The van der Waals surface area contributed by atoms with E-state index in [0.29, 0.717) is 12.1 Å². The van der Waals surface area contributed by atoms with E-state index in [4.69, 9.17) is 5.26 Å². The maximum atomic E-state index is 8.85. The second-order valence-corrected chi connectivity index (χ2v) is 3.79. The zero-order valence-corrected chi connectivity index (χ0v) is 9.81. The molecule has 1 aromatic heterocycles. The summed E-state index contributed by atoms with van der Waals surface area (Å²) in [7, 11) is 1.85. The quantitative estimate of drug-likeness (QED) is 0.865. The fourth-order valence-electron chi connectivity index (χ4n) is 1.54. The van der Waals surface area contributed by atoms with Crippen molar-refractivity contribution in [3.05, 3.63) is 41.5 Å². The van der Waals surface area contributed by atoms with Gasteiger partial charge < -0.3 is 5.32 Å². The summed E-state index contributed by atoms with van der Waals surface area (Å²) in [6.45, 7) is 2.59. The van der Waals surface area contributed by atoms with Crippen LogP contribution >= 0.6 is 0 Å². The van der Waals surface area contributed by atoms with Gasteiger partial charge in [0.2, 0.25) is 0 Å². The number of nitriles is 1. The molecule has 0 amide bonds. The number of rotatable bonds is 3. The number of aryl methyl sites for hydroxylation is 2. The van der Waals surface area contributed by atoms with E-state index in [1.807, 2.05) is 32.2 Å². The summed E-state index contributed by atoms with van der Waals surface area (Å²) < 4.78 is 1.72. The molecule has 1 aromatic carbocycles. The lowest BCUT2D eigenvalue weighted by Gasteiger charge is -2.09. The van der Waals surface area contributed by atoms with Gasteiger partial charge in [0, 0.05) is 12.7 Å². The molecule has 0 unspecified atom stereocenters. The molecule has 0 aliphatic rings. The summed E-state index contributed by atoms with van der Waals surface area (Å²) in [4.78, 5) is 4.13. The monoisotopic (exact) mass is 227 g/mol. The molecule has 0 radical (unpaired) electrons. The van der Waals surface area contributed by atoms with E-state index in [1.165, 1.54) is 6.33 Å². The van der Waals surface area contributed by atoms with Crippen LogP contribution < -0.4 is 5.32 Å². The molecule has 2 aromatic rings. The van der Waals surface area contributed by atoms with E-state index >= 15 is 0 Å². The zero-order chi connectivity index (χ0) is 12.3. The lowest BCUT2D eigenvalue weighted by atomic mass is 10.1. The fourth-order valence-corrected chi connectivity index (χ4v) is 1.54. The Bertz CT molecular complexity index is 565. The van der Waals surface area contributed by atoms with E-state index in [0.717, 1.165) is 17.1 Å². The van der Waals surface area contributed by atoms with Crippen LogP contribution in [0.15, 0.2) is 24.5 Å². The molecule has 17 heavy (non-hydrogen) atoms. The van der Waals surface area contributed by atoms with E-state index in [1.54, 1.807) is 4.68 Å². The van der Waals surface area contributed by atoms with E-state index in [9.17, 15) is 0 Å². The lowest BCUT2D eigenvalue weighted by molar-refractivity contribution is 0.712. The number of aromatic nitrogens is 3. The second kappa shape index (κ2) is 4.66. The van der Waals surface area contributed by atoms with Crippen LogP contribution in [0.4, 0.5) is 5.69 Å². The first-order chi connectivity index (χ1) is 8.20. The third kappa shape index (κ3) is 2.42. The van der Waals surface area contributed by atoms with Gasteiger partial charge in [-0.25, -0.2) is 4.98 Å². The van der Waals surface area contributed by atoms with Gasteiger partial charge in [0.05, 0.1) is 18.2 Å². The minimum atomic E-state index is 0.590. The van der Waals surface area contributed by atoms with Crippen LogP contribution in [0.1, 0.15) is 17.0 Å². The van der Waals surface area contributed by atoms with Crippen molar-refractivity contribution in [2.45, 2.75) is 13.5 Å². The van der Waals surface area contributed by atoms with Crippen molar-refractivity contribution < 1.29 is 0 Å². The van der Waals surface area contributed by atoms with Gasteiger partial charge in [-0.1, -0.05) is 6.07 Å². The van der Waals surface area contributed by atoms with Gasteiger partial charge in [-0.2, -0.15) is 10.4 Å². The minimum absolute atomic E-state index is 0.590. The molecule has 2 rings (SSSR count). The van der Waals surface area contributed by atoms with Crippen molar-refractivity contribution in [3.63, 3.8) is 0 Å². The molecule has 5 nitrogen and oxygen atoms in total. The summed E-state index contributed by atoms with van der Waals surface area (Å²) in [5.74, 6) is 0.853. The first kappa shape index (κ1) is 11.1. The van der Waals surface area contributed by atoms with Crippen LogP contribution in [0.25, 0.3) is 0 Å². The molecular weight excluding hydrogens is 214 g/mol. The molecular formula is C12H13N5. The third-order valence-electron chi connectivity index (χ3n) is 2.61. The van der Waals surface area contributed by atoms with E-state index in [2.05, 4.69) is 21.5 Å². The molecule has 0 atom stereocenters. The average molecular weight is 227 g/mol. The van der Waals surface area contributed by atoms with Gasteiger partial charge in [-0.3, -0.25) is 4.68 Å². The Balaban J connectivity index is 2.14. The molecule has 0 bridgehead atoms. The molecule has 0 saturated heterocycles. The van der Waals surface area contributed by atoms with Crippen LogP contribution in [0, 0.1) is 18.3 Å². The van der Waals surface area contributed by atoms with Gasteiger partial charge in [0.1, 0.15) is 12.2 Å². The van der Waals surface area contributed by atoms with Gasteiger partial charge in [-0.15, -0.1) is 0 Å². The normalized spacial score (nSPS) is 9.94. The topological polar surface area (TPSA) is 66.5 Å². The smallest absolute Gasteiger partial charge is 0.145 e. The number of hydrogen-bond donors (Lipinski definition) is 1.